The van der Waals surface area contributed by atoms with Gasteiger partial charge < -0.3 is 0 Å². The number of hydrogen-bond donors (Lipinski definition) is 0. The predicted molar refractivity (Wildman–Crippen MR) is 76.2 cm³/mol. The van der Waals surface area contributed by atoms with E-state index in [1.54, 1.807) is 0 Å². The number of benzene rings is 1. The topological polar surface area (TPSA) is 17.1 Å². The fraction of sp³-hybridized carbons (Fsp3) is 0.235. The fourth-order valence-corrected chi connectivity index (χ4v) is 2.18. The van der Waals surface area contributed by atoms with Gasteiger partial charge in [0.25, 0.3) is 0 Å². The first-order chi connectivity index (χ1) is 8.90. The zero-order chi connectivity index (χ0) is 12.6. The van der Waals surface area contributed by atoms with Gasteiger partial charge in [0, 0.05) is 0 Å². The summed E-state index contributed by atoms with van der Waals surface area (Å²) in [4.78, 5) is 10.9. The second-order valence-corrected chi connectivity index (χ2v) is 4.50. The summed E-state index contributed by atoms with van der Waals surface area (Å²) in [5, 5.41) is 0. The monoisotopic (exact) mass is 238 g/mol. The lowest BCUT2D eigenvalue weighted by molar-refractivity contribution is -0.105. The third-order valence-electron chi connectivity index (χ3n) is 3.19. The van der Waals surface area contributed by atoms with Crippen LogP contribution >= 0.6 is 0 Å². The molecule has 0 radical (unpaired) electrons. The highest BCUT2D eigenvalue weighted by Gasteiger charge is 2.08. The number of carbonyl (C=O) groups is 1. The SMILES string of the molecule is O=CC1=C(/C=C/C=C/c2ccccc2)CCCC1. The van der Waals surface area contributed by atoms with E-state index in [9.17, 15) is 4.79 Å². The largest absolute Gasteiger partial charge is 0.298 e. The molecule has 0 heterocycles. The van der Waals surface area contributed by atoms with Gasteiger partial charge in [-0.25, -0.2) is 0 Å². The Morgan fingerprint density at radius 2 is 1.50 bits per heavy atom. The Morgan fingerprint density at radius 1 is 0.833 bits per heavy atom. The average molecular weight is 238 g/mol. The Kier molecular flexibility index (Phi) is 4.71. The number of carbonyl (C=O) groups excluding carboxylic acids is 1. The first kappa shape index (κ1) is 12.6. The summed E-state index contributed by atoms with van der Waals surface area (Å²) >= 11 is 0. The first-order valence-corrected chi connectivity index (χ1v) is 6.47. The van der Waals surface area contributed by atoms with Gasteiger partial charge in [-0.1, -0.05) is 54.6 Å². The Morgan fingerprint density at radius 3 is 2.22 bits per heavy atom. The maximum absolute atomic E-state index is 10.9. The fourth-order valence-electron chi connectivity index (χ4n) is 2.18. The summed E-state index contributed by atoms with van der Waals surface area (Å²) < 4.78 is 0. The highest BCUT2D eigenvalue weighted by molar-refractivity contribution is 5.76. The minimum absolute atomic E-state index is 0.936. The van der Waals surface area contributed by atoms with Crippen molar-refractivity contribution in [2.75, 3.05) is 0 Å². The average Bonchev–Trinajstić information content (AvgIpc) is 2.45. The van der Waals surface area contributed by atoms with Gasteiger partial charge in [-0.05, 0) is 42.4 Å². The van der Waals surface area contributed by atoms with Crippen LogP contribution in [0.1, 0.15) is 31.2 Å². The molecule has 0 saturated heterocycles. The van der Waals surface area contributed by atoms with Gasteiger partial charge >= 0.3 is 0 Å². The molecule has 0 bridgehead atoms. The smallest absolute Gasteiger partial charge is 0.146 e. The van der Waals surface area contributed by atoms with Crippen LogP contribution in [0.15, 0.2) is 59.7 Å². The second-order valence-electron chi connectivity index (χ2n) is 4.50. The van der Waals surface area contributed by atoms with Crippen LogP contribution in [0.25, 0.3) is 6.08 Å². The summed E-state index contributed by atoms with van der Waals surface area (Å²) in [5.74, 6) is 0. The van der Waals surface area contributed by atoms with Crippen molar-refractivity contribution in [1.29, 1.82) is 0 Å². The molecule has 0 fully saturated rings. The summed E-state index contributed by atoms with van der Waals surface area (Å²) in [6.45, 7) is 0. The van der Waals surface area contributed by atoms with E-state index in [4.69, 9.17) is 0 Å². The minimum Gasteiger partial charge on any atom is -0.298 e. The third-order valence-corrected chi connectivity index (χ3v) is 3.19. The molecule has 0 unspecified atom stereocenters. The Balaban J connectivity index is 2.01. The number of aldehydes is 1. The highest BCUT2D eigenvalue weighted by Crippen LogP contribution is 2.24. The highest BCUT2D eigenvalue weighted by atomic mass is 16.1. The van der Waals surface area contributed by atoms with Crippen molar-refractivity contribution < 1.29 is 4.79 Å². The Hall–Kier alpha value is -1.89. The Bertz CT molecular complexity index is 478. The molecule has 0 aliphatic heterocycles. The van der Waals surface area contributed by atoms with Gasteiger partial charge in [0.05, 0.1) is 0 Å². The standard InChI is InChI=1S/C17H18O/c18-14-17-13-7-6-12-16(17)11-5-4-10-15-8-2-1-3-9-15/h1-5,8-11,14H,6-7,12-13H2/b10-4+,11-5+. The number of hydrogen-bond acceptors (Lipinski definition) is 1. The van der Waals surface area contributed by atoms with E-state index >= 15 is 0 Å². The number of rotatable bonds is 4. The van der Waals surface area contributed by atoms with Gasteiger partial charge in [-0.3, -0.25) is 4.79 Å². The summed E-state index contributed by atoms with van der Waals surface area (Å²) in [6.07, 6.45) is 13.5. The summed E-state index contributed by atoms with van der Waals surface area (Å²) in [5.41, 5.74) is 3.37. The Labute approximate surface area is 109 Å². The van der Waals surface area contributed by atoms with Crippen LogP contribution in [0.4, 0.5) is 0 Å². The van der Waals surface area contributed by atoms with E-state index in [-0.39, 0.29) is 0 Å². The first-order valence-electron chi connectivity index (χ1n) is 6.47. The summed E-state index contributed by atoms with van der Waals surface area (Å²) in [6, 6.07) is 10.2. The minimum atomic E-state index is 0.936. The van der Waals surface area contributed by atoms with Gasteiger partial charge in [0.2, 0.25) is 0 Å². The predicted octanol–water partition coefficient (Wildman–Crippen LogP) is 4.33. The van der Waals surface area contributed by atoms with Gasteiger partial charge in [-0.15, -0.1) is 0 Å². The van der Waals surface area contributed by atoms with Crippen molar-refractivity contribution in [2.24, 2.45) is 0 Å². The molecule has 1 aliphatic carbocycles. The number of allylic oxidation sites excluding steroid dienone is 5. The maximum atomic E-state index is 10.9. The van der Waals surface area contributed by atoms with Crippen LogP contribution in [0, 0.1) is 0 Å². The molecule has 0 N–H and O–H groups in total. The molecule has 0 spiro atoms. The molecule has 2 rings (SSSR count). The van der Waals surface area contributed by atoms with E-state index in [0.717, 1.165) is 31.1 Å². The molecule has 1 aromatic carbocycles. The van der Waals surface area contributed by atoms with E-state index in [2.05, 4.69) is 24.3 Å². The van der Waals surface area contributed by atoms with Crippen LogP contribution < -0.4 is 0 Å². The third kappa shape index (κ3) is 3.56. The lowest BCUT2D eigenvalue weighted by Gasteiger charge is -2.12. The van der Waals surface area contributed by atoms with E-state index in [1.165, 1.54) is 17.6 Å². The maximum Gasteiger partial charge on any atom is 0.146 e. The summed E-state index contributed by atoms with van der Waals surface area (Å²) in [7, 11) is 0. The van der Waals surface area contributed by atoms with Crippen LogP contribution in [0.5, 0.6) is 0 Å². The van der Waals surface area contributed by atoms with E-state index in [1.807, 2.05) is 30.4 Å². The van der Waals surface area contributed by atoms with E-state index in [0.29, 0.717) is 0 Å². The molecule has 0 atom stereocenters. The van der Waals surface area contributed by atoms with Crippen LogP contribution in [-0.4, -0.2) is 6.29 Å². The molecule has 1 aromatic rings. The van der Waals surface area contributed by atoms with Crippen LogP contribution in [0.2, 0.25) is 0 Å². The van der Waals surface area contributed by atoms with Crippen molar-refractivity contribution in [3.05, 3.63) is 65.3 Å². The molecule has 1 heteroatoms. The van der Waals surface area contributed by atoms with Crippen molar-refractivity contribution in [1.82, 2.24) is 0 Å². The molecule has 1 aliphatic rings. The molecular weight excluding hydrogens is 220 g/mol. The molecular formula is C17H18O. The van der Waals surface area contributed by atoms with Crippen molar-refractivity contribution in [3.8, 4) is 0 Å². The van der Waals surface area contributed by atoms with Crippen molar-refractivity contribution >= 4 is 12.4 Å². The van der Waals surface area contributed by atoms with Gasteiger partial charge in [0.15, 0.2) is 0 Å². The zero-order valence-corrected chi connectivity index (χ0v) is 10.5. The van der Waals surface area contributed by atoms with E-state index < -0.39 is 0 Å². The lowest BCUT2D eigenvalue weighted by atomic mass is 9.92. The van der Waals surface area contributed by atoms with Crippen molar-refractivity contribution in [3.63, 3.8) is 0 Å². The zero-order valence-electron chi connectivity index (χ0n) is 10.5. The van der Waals surface area contributed by atoms with Crippen LogP contribution in [-0.2, 0) is 4.79 Å². The molecule has 0 saturated carbocycles. The van der Waals surface area contributed by atoms with Crippen molar-refractivity contribution in [2.45, 2.75) is 25.7 Å². The molecule has 0 aromatic heterocycles. The molecule has 18 heavy (non-hydrogen) atoms. The second kappa shape index (κ2) is 6.75. The molecule has 92 valence electrons. The van der Waals surface area contributed by atoms with Gasteiger partial charge in [0.1, 0.15) is 6.29 Å². The van der Waals surface area contributed by atoms with Gasteiger partial charge in [-0.2, -0.15) is 0 Å². The quantitative estimate of drug-likeness (QED) is 0.563. The molecule has 1 nitrogen and oxygen atoms in total. The molecule has 0 amide bonds. The normalized spacial score (nSPS) is 16.7. The lowest BCUT2D eigenvalue weighted by Crippen LogP contribution is -1.98. The van der Waals surface area contributed by atoms with Crippen LogP contribution in [0.3, 0.4) is 0 Å².